The van der Waals surface area contributed by atoms with Crippen LogP contribution in [0.25, 0.3) is 22.3 Å². The second kappa shape index (κ2) is 12.3. The Kier molecular flexibility index (Phi) is 8.50. The molecule has 3 aromatic heterocycles. The number of hydrogen-bond acceptors (Lipinski definition) is 10. The van der Waals surface area contributed by atoms with E-state index in [-0.39, 0.29) is 28.3 Å². The van der Waals surface area contributed by atoms with Gasteiger partial charge in [-0.1, -0.05) is 17.7 Å². The highest BCUT2D eigenvalue weighted by atomic mass is 35.5. The van der Waals surface area contributed by atoms with Crippen LogP contribution in [0.3, 0.4) is 0 Å². The summed E-state index contributed by atoms with van der Waals surface area (Å²) in [5, 5.41) is -0.281. The van der Waals surface area contributed by atoms with Crippen molar-refractivity contribution in [1.29, 1.82) is 0 Å². The van der Waals surface area contributed by atoms with Crippen LogP contribution >= 0.6 is 11.6 Å². The van der Waals surface area contributed by atoms with Crippen molar-refractivity contribution in [2.45, 2.75) is 11.8 Å². The monoisotopic (exact) mass is 625 g/mol. The number of aromatic nitrogens is 4. The predicted molar refractivity (Wildman–Crippen MR) is 158 cm³/mol. The van der Waals surface area contributed by atoms with E-state index in [9.17, 15) is 22.4 Å². The zero-order chi connectivity index (χ0) is 30.7. The summed E-state index contributed by atoms with van der Waals surface area (Å²) in [6, 6.07) is 8.49. The number of hydrogen-bond donors (Lipinski definition) is 1. The number of halogens is 2. The number of ether oxygens (including phenoxy) is 1. The van der Waals surface area contributed by atoms with Crippen LogP contribution in [0, 0.1) is 5.82 Å². The van der Waals surface area contributed by atoms with Crippen LogP contribution in [0.2, 0.25) is 5.02 Å². The standard InChI is InChI=1S/C28H25ClFN7O5S/c1-17(38)6-9-24(39)36-10-12-37(13-11-36)27-25-22(32-16-33-27)8-7-21(34-25)18-14-23(28(42-2)31-15-18)35-43(40,41)26-19(29)4-3-5-20(26)30/h3-9,14-16,35H,10-13H2,1-2H3/b9-6+. The molecule has 1 fully saturated rings. The minimum Gasteiger partial charge on any atom is -0.480 e. The number of sulfonamides is 1. The Morgan fingerprint density at radius 3 is 2.53 bits per heavy atom. The molecule has 12 nitrogen and oxygen atoms in total. The summed E-state index contributed by atoms with van der Waals surface area (Å²) < 4.78 is 48.2. The average Bonchev–Trinajstić information content (AvgIpc) is 2.99. The zero-order valence-corrected chi connectivity index (χ0v) is 24.6. The summed E-state index contributed by atoms with van der Waals surface area (Å²) in [5.74, 6) is -0.930. The average molecular weight is 626 g/mol. The Balaban J connectivity index is 1.45. The maximum atomic E-state index is 14.4. The van der Waals surface area contributed by atoms with Crippen molar-refractivity contribution in [2.75, 3.05) is 42.9 Å². The van der Waals surface area contributed by atoms with Crippen LogP contribution in [0.5, 0.6) is 5.88 Å². The van der Waals surface area contributed by atoms with Gasteiger partial charge in [0.1, 0.15) is 28.2 Å². The van der Waals surface area contributed by atoms with Gasteiger partial charge < -0.3 is 14.5 Å². The molecule has 1 N–H and O–H groups in total. The molecule has 0 spiro atoms. The molecule has 0 aliphatic carbocycles. The lowest BCUT2D eigenvalue weighted by molar-refractivity contribution is -0.126. The topological polar surface area (TPSA) is 148 Å². The van der Waals surface area contributed by atoms with Gasteiger partial charge in [0.15, 0.2) is 11.6 Å². The van der Waals surface area contributed by atoms with E-state index >= 15 is 0 Å². The number of rotatable bonds is 8. The molecule has 222 valence electrons. The molecule has 0 atom stereocenters. The summed E-state index contributed by atoms with van der Waals surface area (Å²) in [7, 11) is -3.13. The van der Waals surface area contributed by atoms with Crippen LogP contribution < -0.4 is 14.4 Å². The molecule has 5 rings (SSSR count). The molecule has 4 heterocycles. The fraction of sp³-hybridized carbons (Fsp3) is 0.214. The Morgan fingerprint density at radius 2 is 1.84 bits per heavy atom. The van der Waals surface area contributed by atoms with Crippen molar-refractivity contribution in [3.8, 4) is 17.1 Å². The highest BCUT2D eigenvalue weighted by molar-refractivity contribution is 7.92. The minimum absolute atomic E-state index is 0.0461. The Morgan fingerprint density at radius 1 is 1.07 bits per heavy atom. The number of anilines is 2. The second-order valence-electron chi connectivity index (χ2n) is 9.45. The first-order valence-corrected chi connectivity index (χ1v) is 14.8. The van der Waals surface area contributed by atoms with E-state index in [0.717, 1.165) is 6.07 Å². The second-order valence-corrected chi connectivity index (χ2v) is 11.5. The smallest absolute Gasteiger partial charge is 0.266 e. The van der Waals surface area contributed by atoms with Crippen molar-refractivity contribution in [1.82, 2.24) is 24.8 Å². The summed E-state index contributed by atoms with van der Waals surface area (Å²) in [6.07, 6.45) is 5.41. The normalized spacial score (nSPS) is 13.9. The number of nitrogens with one attached hydrogen (secondary N) is 1. The maximum Gasteiger partial charge on any atom is 0.266 e. The maximum absolute atomic E-state index is 14.4. The molecule has 1 aliphatic heterocycles. The first-order chi connectivity index (χ1) is 20.6. The van der Waals surface area contributed by atoms with Gasteiger partial charge in [-0.2, -0.15) is 0 Å². The van der Waals surface area contributed by atoms with Gasteiger partial charge in [-0.3, -0.25) is 14.3 Å². The van der Waals surface area contributed by atoms with Crippen molar-refractivity contribution >= 4 is 55.9 Å². The summed E-state index contributed by atoms with van der Waals surface area (Å²) in [5.41, 5.74) is 1.89. The Labute approximate surface area is 251 Å². The SMILES string of the molecule is COc1ncc(-c2ccc3ncnc(N4CCN(C(=O)/C=C/C(C)=O)CC4)c3n2)cc1NS(=O)(=O)c1c(F)cccc1Cl. The highest BCUT2D eigenvalue weighted by Gasteiger charge is 2.26. The number of allylic oxidation sites excluding steroid dienone is 1. The Bertz CT molecular complexity index is 1840. The molecule has 0 unspecified atom stereocenters. The van der Waals surface area contributed by atoms with E-state index < -0.39 is 20.7 Å². The van der Waals surface area contributed by atoms with Crippen molar-refractivity contribution in [3.63, 3.8) is 0 Å². The van der Waals surface area contributed by atoms with Gasteiger partial charge in [0.25, 0.3) is 10.0 Å². The molecule has 0 saturated carbocycles. The van der Waals surface area contributed by atoms with E-state index in [2.05, 4.69) is 19.7 Å². The molecule has 1 aliphatic rings. The van der Waals surface area contributed by atoms with Crippen LogP contribution in [0.4, 0.5) is 15.9 Å². The fourth-order valence-corrected chi connectivity index (χ4v) is 6.17. The van der Waals surface area contributed by atoms with Crippen LogP contribution in [0.1, 0.15) is 6.92 Å². The molecular weight excluding hydrogens is 601 g/mol. The lowest BCUT2D eigenvalue weighted by Crippen LogP contribution is -2.48. The summed E-state index contributed by atoms with van der Waals surface area (Å²) in [4.78, 5) is 44.2. The first kappa shape index (κ1) is 29.8. The minimum atomic E-state index is -4.45. The summed E-state index contributed by atoms with van der Waals surface area (Å²) >= 11 is 6.00. The van der Waals surface area contributed by atoms with Gasteiger partial charge in [0.05, 0.1) is 23.3 Å². The third-order valence-corrected chi connectivity index (χ3v) is 8.45. The first-order valence-electron chi connectivity index (χ1n) is 12.9. The Hall–Kier alpha value is -4.69. The van der Waals surface area contributed by atoms with Crippen molar-refractivity contribution < 1.29 is 27.1 Å². The number of carbonyl (C=O) groups is 2. The molecule has 1 aromatic carbocycles. The van der Waals surface area contributed by atoms with E-state index in [1.54, 1.807) is 17.0 Å². The number of carbonyl (C=O) groups excluding carboxylic acids is 2. The lowest BCUT2D eigenvalue weighted by Gasteiger charge is -2.35. The molecule has 4 aromatic rings. The third kappa shape index (κ3) is 6.39. The van der Waals surface area contributed by atoms with E-state index in [1.807, 2.05) is 4.90 Å². The number of piperazine rings is 1. The number of amides is 1. The van der Waals surface area contributed by atoms with Gasteiger partial charge in [-0.25, -0.2) is 32.7 Å². The molecular formula is C28H25ClFN7O5S. The van der Waals surface area contributed by atoms with E-state index in [4.69, 9.17) is 21.3 Å². The van der Waals surface area contributed by atoms with Crippen LogP contribution in [-0.2, 0) is 19.6 Å². The number of ketones is 1. The summed E-state index contributed by atoms with van der Waals surface area (Å²) in [6.45, 7) is 3.18. The van der Waals surface area contributed by atoms with E-state index in [1.165, 1.54) is 56.9 Å². The van der Waals surface area contributed by atoms with Gasteiger partial charge in [0, 0.05) is 44.0 Å². The largest absolute Gasteiger partial charge is 0.480 e. The van der Waals surface area contributed by atoms with Gasteiger partial charge in [-0.05, 0) is 43.3 Å². The van der Waals surface area contributed by atoms with Gasteiger partial charge >= 0.3 is 0 Å². The number of methoxy groups -OCH3 is 1. The fourth-order valence-electron chi connectivity index (χ4n) is 4.52. The lowest BCUT2D eigenvalue weighted by atomic mass is 10.1. The molecule has 0 radical (unpaired) electrons. The van der Waals surface area contributed by atoms with Gasteiger partial charge in [0.2, 0.25) is 11.8 Å². The van der Waals surface area contributed by atoms with Crippen LogP contribution in [-0.4, -0.2) is 78.2 Å². The van der Waals surface area contributed by atoms with Crippen molar-refractivity contribution in [3.05, 3.63) is 71.9 Å². The molecule has 1 amide bonds. The highest BCUT2D eigenvalue weighted by Crippen LogP contribution is 2.33. The molecule has 1 saturated heterocycles. The quantitative estimate of drug-likeness (QED) is 0.289. The molecule has 43 heavy (non-hydrogen) atoms. The van der Waals surface area contributed by atoms with Crippen molar-refractivity contribution in [2.24, 2.45) is 0 Å². The number of fused-ring (bicyclic) bond motifs is 1. The van der Waals surface area contributed by atoms with Gasteiger partial charge in [-0.15, -0.1) is 0 Å². The number of nitrogens with zero attached hydrogens (tertiary/aromatic N) is 6. The van der Waals surface area contributed by atoms with E-state index in [0.29, 0.717) is 54.3 Å². The molecule has 0 bridgehead atoms. The zero-order valence-electron chi connectivity index (χ0n) is 23.0. The number of benzene rings is 1. The molecule has 15 heteroatoms. The number of pyridine rings is 2. The third-order valence-electron chi connectivity index (χ3n) is 6.59. The predicted octanol–water partition coefficient (Wildman–Crippen LogP) is 3.48. The van der Waals surface area contributed by atoms with Crippen LogP contribution in [0.15, 0.2) is 66.0 Å².